The summed E-state index contributed by atoms with van der Waals surface area (Å²) in [5.74, 6) is -0.112. The largest absolute Gasteiger partial charge is 0.331 e. The van der Waals surface area contributed by atoms with Gasteiger partial charge >= 0.3 is 0 Å². The fourth-order valence-corrected chi connectivity index (χ4v) is 3.77. The van der Waals surface area contributed by atoms with Crippen molar-refractivity contribution in [2.75, 3.05) is 7.05 Å². The molecule has 0 aliphatic carbocycles. The number of carbonyl (C=O) groups excluding carboxylic acids is 1. The van der Waals surface area contributed by atoms with Crippen molar-refractivity contribution < 1.29 is 4.79 Å². The molecule has 1 atom stereocenters. The van der Waals surface area contributed by atoms with Crippen LogP contribution in [0.3, 0.4) is 0 Å². The van der Waals surface area contributed by atoms with Gasteiger partial charge in [-0.3, -0.25) is 9.89 Å². The molecule has 4 aromatic rings. The summed E-state index contributed by atoms with van der Waals surface area (Å²) in [5, 5.41) is 8.88. The highest BCUT2D eigenvalue weighted by atomic mass is 32.1. The van der Waals surface area contributed by atoms with E-state index in [-0.39, 0.29) is 11.9 Å². The molecule has 2 heterocycles. The minimum absolute atomic E-state index is 0.112. The average Bonchev–Trinajstić information content (AvgIpc) is 3.23. The van der Waals surface area contributed by atoms with Gasteiger partial charge in [-0.15, -0.1) is 11.3 Å². The van der Waals surface area contributed by atoms with E-state index in [1.54, 1.807) is 23.3 Å². The maximum atomic E-state index is 12.9. The number of aromatic nitrogens is 3. The van der Waals surface area contributed by atoms with Gasteiger partial charge in [0, 0.05) is 12.4 Å². The Labute approximate surface area is 142 Å². The van der Waals surface area contributed by atoms with E-state index in [1.165, 1.54) is 0 Å². The summed E-state index contributed by atoms with van der Waals surface area (Å²) < 4.78 is 1.13. The first-order chi connectivity index (χ1) is 11.6. The van der Waals surface area contributed by atoms with Gasteiger partial charge in [-0.25, -0.2) is 4.98 Å². The lowest BCUT2D eigenvalue weighted by Crippen LogP contribution is -2.30. The SMILES string of the molecule is C[C@@H](c1nc2ccccc2s1)N(C)C(=O)c1n[nH]c2ccccc12. The van der Waals surface area contributed by atoms with Crippen molar-refractivity contribution in [2.24, 2.45) is 0 Å². The predicted molar refractivity (Wildman–Crippen MR) is 96.2 cm³/mol. The zero-order valence-electron chi connectivity index (χ0n) is 13.4. The van der Waals surface area contributed by atoms with E-state index in [2.05, 4.69) is 15.2 Å². The molecule has 1 N–H and O–H groups in total. The summed E-state index contributed by atoms with van der Waals surface area (Å²) in [6.07, 6.45) is 0. The minimum Gasteiger partial charge on any atom is -0.331 e. The number of thiazole rings is 1. The van der Waals surface area contributed by atoms with E-state index in [9.17, 15) is 4.79 Å². The molecule has 0 spiro atoms. The van der Waals surface area contributed by atoms with Crippen LogP contribution < -0.4 is 0 Å². The summed E-state index contributed by atoms with van der Waals surface area (Å²) in [5.41, 5.74) is 2.28. The molecule has 2 aromatic carbocycles. The smallest absolute Gasteiger partial charge is 0.275 e. The highest BCUT2D eigenvalue weighted by Crippen LogP contribution is 2.30. The van der Waals surface area contributed by atoms with Crippen LogP contribution in [0.1, 0.15) is 28.5 Å². The van der Waals surface area contributed by atoms with Crippen molar-refractivity contribution >= 4 is 38.4 Å². The van der Waals surface area contributed by atoms with Gasteiger partial charge in [-0.2, -0.15) is 5.10 Å². The summed E-state index contributed by atoms with van der Waals surface area (Å²) in [7, 11) is 1.79. The molecule has 120 valence electrons. The van der Waals surface area contributed by atoms with Crippen molar-refractivity contribution in [1.29, 1.82) is 0 Å². The number of rotatable bonds is 3. The molecule has 0 aliphatic heterocycles. The number of H-pyrrole nitrogens is 1. The second-order valence-electron chi connectivity index (χ2n) is 5.73. The molecule has 0 fully saturated rings. The number of fused-ring (bicyclic) bond motifs is 2. The van der Waals surface area contributed by atoms with Crippen molar-refractivity contribution in [2.45, 2.75) is 13.0 Å². The fraction of sp³-hybridized carbons (Fsp3) is 0.167. The highest BCUT2D eigenvalue weighted by Gasteiger charge is 2.24. The number of hydrogen-bond donors (Lipinski definition) is 1. The lowest BCUT2D eigenvalue weighted by atomic mass is 10.2. The number of para-hydroxylation sites is 2. The second kappa shape index (κ2) is 5.72. The average molecular weight is 336 g/mol. The number of nitrogens with one attached hydrogen (secondary N) is 1. The zero-order chi connectivity index (χ0) is 16.7. The zero-order valence-corrected chi connectivity index (χ0v) is 14.2. The van der Waals surface area contributed by atoms with Crippen LogP contribution in [0.2, 0.25) is 0 Å². The van der Waals surface area contributed by atoms with E-state index < -0.39 is 0 Å². The van der Waals surface area contributed by atoms with Gasteiger partial charge in [0.25, 0.3) is 5.91 Å². The maximum Gasteiger partial charge on any atom is 0.275 e. The quantitative estimate of drug-likeness (QED) is 0.615. The van der Waals surface area contributed by atoms with E-state index in [0.717, 1.165) is 26.1 Å². The third-order valence-corrected chi connectivity index (χ3v) is 5.45. The monoisotopic (exact) mass is 336 g/mol. The van der Waals surface area contributed by atoms with Crippen molar-refractivity contribution in [3.05, 3.63) is 59.2 Å². The highest BCUT2D eigenvalue weighted by molar-refractivity contribution is 7.18. The van der Waals surface area contributed by atoms with Crippen LogP contribution in [0.25, 0.3) is 21.1 Å². The second-order valence-corrected chi connectivity index (χ2v) is 6.79. The molecular weight excluding hydrogens is 320 g/mol. The predicted octanol–water partition coefficient (Wildman–Crippen LogP) is 4.01. The number of amides is 1. The van der Waals surface area contributed by atoms with Crippen LogP contribution in [-0.4, -0.2) is 33.0 Å². The van der Waals surface area contributed by atoms with Gasteiger partial charge in [0.05, 0.1) is 21.8 Å². The molecule has 4 rings (SSSR count). The van der Waals surface area contributed by atoms with E-state index >= 15 is 0 Å². The first-order valence-electron chi connectivity index (χ1n) is 7.71. The molecule has 2 aromatic heterocycles. The molecule has 0 bridgehead atoms. The Hall–Kier alpha value is -2.73. The minimum atomic E-state index is -0.120. The number of nitrogens with zero attached hydrogens (tertiary/aromatic N) is 3. The molecule has 0 saturated heterocycles. The van der Waals surface area contributed by atoms with Crippen molar-refractivity contribution in [3.8, 4) is 0 Å². The summed E-state index contributed by atoms with van der Waals surface area (Å²) in [6, 6.07) is 15.5. The molecule has 0 radical (unpaired) electrons. The number of aromatic amines is 1. The van der Waals surface area contributed by atoms with Crippen LogP contribution in [-0.2, 0) is 0 Å². The molecule has 6 heteroatoms. The van der Waals surface area contributed by atoms with E-state index in [0.29, 0.717) is 5.69 Å². The van der Waals surface area contributed by atoms with Crippen LogP contribution in [0.5, 0.6) is 0 Å². The van der Waals surface area contributed by atoms with Gasteiger partial charge < -0.3 is 4.90 Å². The number of hydrogen-bond acceptors (Lipinski definition) is 4. The Morgan fingerprint density at radius 2 is 1.92 bits per heavy atom. The molecule has 1 amide bonds. The lowest BCUT2D eigenvalue weighted by Gasteiger charge is -2.22. The molecule has 5 nitrogen and oxygen atoms in total. The molecule has 0 unspecified atom stereocenters. The number of benzene rings is 2. The van der Waals surface area contributed by atoms with Gasteiger partial charge in [0.1, 0.15) is 5.01 Å². The Kier molecular flexibility index (Phi) is 3.54. The van der Waals surface area contributed by atoms with Crippen LogP contribution in [0.15, 0.2) is 48.5 Å². The first kappa shape index (κ1) is 14.8. The topological polar surface area (TPSA) is 61.9 Å². The third-order valence-electron chi connectivity index (χ3n) is 4.24. The Balaban J connectivity index is 1.66. The standard InChI is InChI=1S/C18H16N4OS/c1-11(17-19-14-9-5-6-10-15(14)24-17)22(2)18(23)16-12-7-3-4-8-13(12)20-21-16/h3-11H,1-2H3,(H,20,21)/t11-/m0/s1. The van der Waals surface area contributed by atoms with Crippen LogP contribution in [0, 0.1) is 0 Å². The van der Waals surface area contributed by atoms with Crippen LogP contribution in [0.4, 0.5) is 0 Å². The maximum absolute atomic E-state index is 12.9. The summed E-state index contributed by atoms with van der Waals surface area (Å²) in [4.78, 5) is 19.2. The van der Waals surface area contributed by atoms with E-state index in [4.69, 9.17) is 0 Å². The van der Waals surface area contributed by atoms with E-state index in [1.807, 2.05) is 55.5 Å². The summed E-state index contributed by atoms with van der Waals surface area (Å²) >= 11 is 1.62. The molecule has 24 heavy (non-hydrogen) atoms. The van der Waals surface area contributed by atoms with Gasteiger partial charge in [0.15, 0.2) is 5.69 Å². The summed E-state index contributed by atoms with van der Waals surface area (Å²) in [6.45, 7) is 1.99. The number of carbonyl (C=O) groups is 1. The fourth-order valence-electron chi connectivity index (χ4n) is 2.70. The Morgan fingerprint density at radius 3 is 2.75 bits per heavy atom. The van der Waals surface area contributed by atoms with Gasteiger partial charge in [-0.05, 0) is 25.1 Å². The first-order valence-corrected chi connectivity index (χ1v) is 8.52. The van der Waals surface area contributed by atoms with Crippen molar-refractivity contribution in [1.82, 2.24) is 20.1 Å². The Morgan fingerprint density at radius 1 is 1.17 bits per heavy atom. The molecular formula is C18H16N4OS. The normalized spacial score (nSPS) is 12.6. The Bertz CT molecular complexity index is 1000. The third kappa shape index (κ3) is 2.35. The lowest BCUT2D eigenvalue weighted by molar-refractivity contribution is 0.0738. The van der Waals surface area contributed by atoms with Gasteiger partial charge in [0.2, 0.25) is 0 Å². The molecule has 0 aliphatic rings. The molecule has 0 saturated carbocycles. The van der Waals surface area contributed by atoms with Crippen LogP contribution >= 0.6 is 11.3 Å². The van der Waals surface area contributed by atoms with Crippen molar-refractivity contribution in [3.63, 3.8) is 0 Å². The van der Waals surface area contributed by atoms with Gasteiger partial charge in [-0.1, -0.05) is 30.3 Å².